The highest BCUT2D eigenvalue weighted by Crippen LogP contribution is 2.27. The van der Waals surface area contributed by atoms with Gasteiger partial charge in [0.05, 0.1) is 17.0 Å². The summed E-state index contributed by atoms with van der Waals surface area (Å²) in [6.07, 6.45) is 3.20. The van der Waals surface area contributed by atoms with Crippen LogP contribution >= 0.6 is 23.1 Å². The lowest BCUT2D eigenvalue weighted by atomic mass is 10.1. The van der Waals surface area contributed by atoms with Crippen molar-refractivity contribution in [3.05, 3.63) is 81.0 Å². The predicted octanol–water partition coefficient (Wildman–Crippen LogP) is 4.94. The highest BCUT2D eigenvalue weighted by molar-refractivity contribution is 7.99. The average Bonchev–Trinajstić information content (AvgIpc) is 3.40. The molecule has 1 aliphatic rings. The Morgan fingerprint density at radius 3 is 2.69 bits per heavy atom. The number of anilines is 1. The summed E-state index contributed by atoms with van der Waals surface area (Å²) < 4.78 is 29.2. The first-order valence-corrected chi connectivity index (χ1v) is 11.9. The molecule has 0 saturated carbocycles. The maximum Gasteiger partial charge on any atom is 0.276 e. The van der Waals surface area contributed by atoms with Crippen molar-refractivity contribution in [2.45, 2.75) is 24.4 Å². The van der Waals surface area contributed by atoms with E-state index in [0.29, 0.717) is 10.2 Å². The quantitative estimate of drug-likeness (QED) is 0.332. The second-order valence-corrected chi connectivity index (χ2v) is 9.33. The average molecular weight is 470 g/mol. The molecule has 162 valence electrons. The van der Waals surface area contributed by atoms with Gasteiger partial charge in [0.25, 0.3) is 5.56 Å². The molecule has 5 rings (SSSR count). The number of rotatable bonds is 5. The van der Waals surface area contributed by atoms with Gasteiger partial charge in [-0.15, -0.1) is 11.3 Å². The minimum Gasteiger partial charge on any atom is -0.325 e. The van der Waals surface area contributed by atoms with Crippen LogP contribution in [0, 0.1) is 11.6 Å². The van der Waals surface area contributed by atoms with Gasteiger partial charge in [-0.1, -0.05) is 17.8 Å². The van der Waals surface area contributed by atoms with Crippen molar-refractivity contribution in [1.82, 2.24) is 9.55 Å². The lowest BCUT2D eigenvalue weighted by Crippen LogP contribution is -2.22. The number of hydrogen-bond donors (Lipinski definition) is 1. The Morgan fingerprint density at radius 2 is 1.88 bits per heavy atom. The normalized spacial score (nSPS) is 12.8. The van der Waals surface area contributed by atoms with Gasteiger partial charge in [-0.25, -0.2) is 13.8 Å². The smallest absolute Gasteiger partial charge is 0.276 e. The molecule has 0 atom stereocenters. The Kier molecular flexibility index (Phi) is 5.52. The second-order valence-electron chi connectivity index (χ2n) is 7.47. The number of nitrogens with zero attached hydrogens (tertiary/aromatic N) is 2. The summed E-state index contributed by atoms with van der Waals surface area (Å²) in [4.78, 5) is 30.1. The number of carbonyl (C=O) groups is 1. The van der Waals surface area contributed by atoms with Crippen LogP contribution in [0.2, 0.25) is 0 Å². The summed E-state index contributed by atoms with van der Waals surface area (Å²) in [6.45, 7) is 0. The standard InChI is InChI=1S/C23H17F2N3O2S2/c24-15-9-16(25)11-18(10-15)28-22(30)21-19(6-7-31-21)27-23(28)32-12-20(29)26-17-5-4-13-2-1-3-14(13)8-17/h4-11H,1-3,12H2,(H,26,29). The van der Waals surface area contributed by atoms with Gasteiger partial charge in [0.15, 0.2) is 5.16 Å². The molecule has 0 bridgehead atoms. The van der Waals surface area contributed by atoms with E-state index in [4.69, 9.17) is 0 Å². The Bertz CT molecular complexity index is 1390. The van der Waals surface area contributed by atoms with E-state index in [-0.39, 0.29) is 22.5 Å². The number of thioether (sulfide) groups is 1. The summed E-state index contributed by atoms with van der Waals surface area (Å²) >= 11 is 2.24. The molecule has 0 saturated heterocycles. The number of amides is 1. The molecule has 1 N–H and O–H groups in total. The van der Waals surface area contributed by atoms with Gasteiger partial charge >= 0.3 is 0 Å². The molecule has 0 spiro atoms. The monoisotopic (exact) mass is 469 g/mol. The summed E-state index contributed by atoms with van der Waals surface area (Å²) in [5.74, 6) is -1.88. The van der Waals surface area contributed by atoms with Gasteiger partial charge < -0.3 is 5.32 Å². The van der Waals surface area contributed by atoms with Gasteiger partial charge in [-0.3, -0.25) is 14.2 Å². The molecule has 0 radical (unpaired) electrons. The Labute approximate surface area is 190 Å². The highest BCUT2D eigenvalue weighted by Gasteiger charge is 2.17. The number of aryl methyl sites for hydroxylation is 2. The molecule has 1 amide bonds. The van der Waals surface area contributed by atoms with Crippen molar-refractivity contribution in [1.29, 1.82) is 0 Å². The molecule has 9 heteroatoms. The highest BCUT2D eigenvalue weighted by atomic mass is 32.2. The molecule has 2 aromatic heterocycles. The van der Waals surface area contributed by atoms with Gasteiger partial charge in [-0.05, 0) is 66.1 Å². The summed E-state index contributed by atoms with van der Waals surface area (Å²) in [5, 5.41) is 4.79. The number of hydrogen-bond acceptors (Lipinski definition) is 5. The van der Waals surface area contributed by atoms with Crippen LogP contribution in [0.4, 0.5) is 14.5 Å². The van der Waals surface area contributed by atoms with E-state index >= 15 is 0 Å². The van der Waals surface area contributed by atoms with Gasteiger partial charge in [0, 0.05) is 11.8 Å². The van der Waals surface area contributed by atoms with Crippen molar-refractivity contribution in [3.8, 4) is 5.69 Å². The zero-order valence-corrected chi connectivity index (χ0v) is 18.4. The molecule has 0 aliphatic heterocycles. The zero-order valence-electron chi connectivity index (χ0n) is 16.7. The third-order valence-electron chi connectivity index (χ3n) is 5.27. The minimum absolute atomic E-state index is 0.0169. The fraction of sp³-hybridized carbons (Fsp3) is 0.174. The van der Waals surface area contributed by atoms with Crippen molar-refractivity contribution in [2.24, 2.45) is 0 Å². The summed E-state index contributed by atoms with van der Waals surface area (Å²) in [7, 11) is 0. The summed E-state index contributed by atoms with van der Waals surface area (Å²) in [6, 6.07) is 10.5. The predicted molar refractivity (Wildman–Crippen MR) is 123 cm³/mol. The number of benzene rings is 2. The Hall–Kier alpha value is -3.04. The van der Waals surface area contributed by atoms with E-state index in [1.807, 2.05) is 18.2 Å². The van der Waals surface area contributed by atoms with Crippen molar-refractivity contribution in [2.75, 3.05) is 11.1 Å². The topological polar surface area (TPSA) is 64.0 Å². The fourth-order valence-electron chi connectivity index (χ4n) is 3.86. The largest absolute Gasteiger partial charge is 0.325 e. The van der Waals surface area contributed by atoms with Crippen LogP contribution in [0.1, 0.15) is 17.5 Å². The number of halogens is 2. The third kappa shape index (κ3) is 4.05. The van der Waals surface area contributed by atoms with Crippen LogP contribution in [0.5, 0.6) is 0 Å². The SMILES string of the molecule is O=C(CSc1nc2ccsc2c(=O)n1-c1cc(F)cc(F)c1)Nc1ccc2c(c1)CCC2. The third-order valence-corrected chi connectivity index (χ3v) is 7.10. The minimum atomic E-state index is -0.802. The first-order chi connectivity index (χ1) is 15.5. The van der Waals surface area contributed by atoms with Crippen molar-refractivity contribution < 1.29 is 13.6 Å². The Morgan fingerprint density at radius 1 is 1.09 bits per heavy atom. The summed E-state index contributed by atoms with van der Waals surface area (Å²) in [5.41, 5.74) is 3.36. The molecular formula is C23H17F2N3O2S2. The van der Waals surface area contributed by atoms with Gasteiger partial charge in [-0.2, -0.15) is 0 Å². The second kappa shape index (κ2) is 8.48. The van der Waals surface area contributed by atoms with E-state index in [1.54, 1.807) is 11.4 Å². The Balaban J connectivity index is 1.43. The maximum absolute atomic E-state index is 13.8. The van der Waals surface area contributed by atoms with Crippen LogP contribution in [-0.4, -0.2) is 21.2 Å². The van der Waals surface area contributed by atoms with Crippen molar-refractivity contribution >= 4 is 44.9 Å². The van der Waals surface area contributed by atoms with E-state index in [9.17, 15) is 18.4 Å². The van der Waals surface area contributed by atoms with Crippen molar-refractivity contribution in [3.63, 3.8) is 0 Å². The van der Waals surface area contributed by atoms with E-state index in [1.165, 1.54) is 22.5 Å². The molecule has 0 unspecified atom stereocenters. The number of aromatic nitrogens is 2. The molecule has 32 heavy (non-hydrogen) atoms. The molecule has 4 aromatic rings. The molecule has 2 heterocycles. The lowest BCUT2D eigenvalue weighted by Gasteiger charge is -2.13. The van der Waals surface area contributed by atoms with Gasteiger partial charge in [0.1, 0.15) is 16.3 Å². The van der Waals surface area contributed by atoms with Crippen LogP contribution < -0.4 is 10.9 Å². The lowest BCUT2D eigenvalue weighted by molar-refractivity contribution is -0.113. The number of fused-ring (bicyclic) bond motifs is 2. The molecule has 1 aliphatic carbocycles. The van der Waals surface area contributed by atoms with E-state index in [2.05, 4.69) is 10.3 Å². The van der Waals surface area contributed by atoms with Crippen LogP contribution in [-0.2, 0) is 17.6 Å². The first kappa shape index (κ1) is 20.8. The number of thiophene rings is 1. The van der Waals surface area contributed by atoms with Crippen LogP contribution in [0.15, 0.2) is 57.8 Å². The zero-order chi connectivity index (χ0) is 22.2. The van der Waals surface area contributed by atoms with E-state index in [0.717, 1.165) is 59.5 Å². The van der Waals surface area contributed by atoms with Crippen LogP contribution in [0.3, 0.4) is 0 Å². The molecule has 5 nitrogen and oxygen atoms in total. The van der Waals surface area contributed by atoms with Crippen LogP contribution in [0.25, 0.3) is 15.9 Å². The number of carbonyl (C=O) groups excluding carboxylic acids is 1. The fourth-order valence-corrected chi connectivity index (χ4v) is 5.43. The van der Waals surface area contributed by atoms with Gasteiger partial charge in [0.2, 0.25) is 5.91 Å². The first-order valence-electron chi connectivity index (χ1n) is 9.99. The molecule has 0 fully saturated rings. The molecule has 2 aromatic carbocycles. The maximum atomic E-state index is 13.8. The number of nitrogens with one attached hydrogen (secondary N) is 1. The van der Waals surface area contributed by atoms with E-state index < -0.39 is 17.2 Å². The molecular weight excluding hydrogens is 452 g/mol.